The number of aromatic nitrogens is 2. The molecule has 2 rings (SSSR count). The summed E-state index contributed by atoms with van der Waals surface area (Å²) in [5.74, 6) is -1.39. The van der Waals surface area contributed by atoms with E-state index in [0.717, 1.165) is 0 Å². The van der Waals surface area contributed by atoms with Crippen LogP contribution in [0.2, 0.25) is 5.15 Å². The molecule has 0 atom stereocenters. The number of carbonyl (C=O) groups is 2. The van der Waals surface area contributed by atoms with Gasteiger partial charge in [0, 0.05) is 13.1 Å². The minimum absolute atomic E-state index is 0.230. The summed E-state index contributed by atoms with van der Waals surface area (Å²) in [5.41, 5.74) is 0.230. The summed E-state index contributed by atoms with van der Waals surface area (Å²) >= 11 is 5.59. The van der Waals surface area contributed by atoms with Crippen LogP contribution in [0.3, 0.4) is 0 Å². The molecule has 1 aliphatic heterocycles. The Morgan fingerprint density at radius 1 is 1.28 bits per heavy atom. The van der Waals surface area contributed by atoms with Gasteiger partial charge >= 0.3 is 5.97 Å². The van der Waals surface area contributed by atoms with E-state index in [1.807, 2.05) is 0 Å². The van der Waals surface area contributed by atoms with Crippen molar-refractivity contribution in [3.05, 3.63) is 23.2 Å². The van der Waals surface area contributed by atoms with E-state index >= 15 is 0 Å². The molecule has 6 nitrogen and oxygen atoms in total. The Balaban J connectivity index is 1.99. The molecule has 2 heterocycles. The van der Waals surface area contributed by atoms with Crippen LogP contribution < -0.4 is 0 Å². The third-order valence-corrected chi connectivity index (χ3v) is 3.17. The standard InChI is InChI=1S/C11H12ClN3O3/c12-9-6-13-8(5-14-9)10(16)15-3-1-7(2-4-15)11(17)18/h5-7H,1-4H2,(H,17,18). The van der Waals surface area contributed by atoms with Crippen molar-refractivity contribution in [1.29, 1.82) is 0 Å². The van der Waals surface area contributed by atoms with Gasteiger partial charge in [-0.15, -0.1) is 0 Å². The molecule has 1 aromatic rings. The number of aliphatic carboxylic acids is 1. The fourth-order valence-electron chi connectivity index (χ4n) is 1.91. The molecule has 18 heavy (non-hydrogen) atoms. The fraction of sp³-hybridized carbons (Fsp3) is 0.455. The first kappa shape index (κ1) is 12.8. The summed E-state index contributed by atoms with van der Waals surface area (Å²) in [7, 11) is 0. The number of nitrogens with zero attached hydrogens (tertiary/aromatic N) is 3. The Labute approximate surface area is 109 Å². The van der Waals surface area contributed by atoms with Crippen LogP contribution in [-0.2, 0) is 4.79 Å². The Morgan fingerprint density at radius 2 is 1.94 bits per heavy atom. The zero-order valence-electron chi connectivity index (χ0n) is 9.54. The topological polar surface area (TPSA) is 83.4 Å². The average molecular weight is 270 g/mol. The highest BCUT2D eigenvalue weighted by Gasteiger charge is 2.27. The van der Waals surface area contributed by atoms with Crippen LogP contribution >= 0.6 is 11.6 Å². The first-order chi connectivity index (χ1) is 8.58. The molecular weight excluding hydrogens is 258 g/mol. The molecule has 0 aliphatic carbocycles. The molecule has 1 aliphatic rings. The quantitative estimate of drug-likeness (QED) is 0.868. The van der Waals surface area contributed by atoms with Crippen LogP contribution in [0.1, 0.15) is 23.3 Å². The van der Waals surface area contributed by atoms with Gasteiger partial charge in [-0.2, -0.15) is 0 Å². The van der Waals surface area contributed by atoms with Crippen LogP contribution in [0.4, 0.5) is 0 Å². The van der Waals surface area contributed by atoms with Crippen molar-refractivity contribution in [2.45, 2.75) is 12.8 Å². The number of carbonyl (C=O) groups excluding carboxylic acids is 1. The van der Waals surface area contributed by atoms with Crippen LogP contribution in [0.25, 0.3) is 0 Å². The molecular formula is C11H12ClN3O3. The third kappa shape index (κ3) is 2.76. The summed E-state index contributed by atoms with van der Waals surface area (Å²) in [6, 6.07) is 0. The Hall–Kier alpha value is -1.69. The van der Waals surface area contributed by atoms with Crippen molar-refractivity contribution < 1.29 is 14.7 Å². The van der Waals surface area contributed by atoms with E-state index in [-0.39, 0.29) is 22.7 Å². The summed E-state index contributed by atoms with van der Waals surface area (Å²) in [4.78, 5) is 32.1. The van der Waals surface area contributed by atoms with Gasteiger partial charge in [0.05, 0.1) is 18.3 Å². The first-order valence-electron chi connectivity index (χ1n) is 5.57. The van der Waals surface area contributed by atoms with Crippen LogP contribution in [0, 0.1) is 5.92 Å². The first-order valence-corrected chi connectivity index (χ1v) is 5.95. The number of piperidine rings is 1. The molecule has 1 amide bonds. The number of carboxylic acids is 1. The molecule has 1 fully saturated rings. The van der Waals surface area contributed by atoms with Gasteiger partial charge in [-0.1, -0.05) is 11.6 Å². The van der Waals surface area contributed by atoms with Gasteiger partial charge in [0.15, 0.2) is 0 Å². The van der Waals surface area contributed by atoms with E-state index in [4.69, 9.17) is 16.7 Å². The SMILES string of the molecule is O=C(O)C1CCN(C(=O)c2cnc(Cl)cn2)CC1. The second-order valence-corrected chi connectivity index (χ2v) is 4.52. The number of carboxylic acid groups (broad SMARTS) is 1. The zero-order valence-corrected chi connectivity index (χ0v) is 10.3. The highest BCUT2D eigenvalue weighted by Crippen LogP contribution is 2.18. The van der Waals surface area contributed by atoms with Crippen LogP contribution in [0.15, 0.2) is 12.4 Å². The zero-order chi connectivity index (χ0) is 13.1. The molecule has 0 unspecified atom stereocenters. The van der Waals surface area contributed by atoms with Crippen molar-refractivity contribution in [1.82, 2.24) is 14.9 Å². The van der Waals surface area contributed by atoms with Crippen LogP contribution in [0.5, 0.6) is 0 Å². The van der Waals surface area contributed by atoms with Crippen molar-refractivity contribution in [2.75, 3.05) is 13.1 Å². The predicted molar refractivity (Wildman–Crippen MR) is 63.3 cm³/mol. The summed E-state index contributed by atoms with van der Waals surface area (Å²) in [6.45, 7) is 0.861. The second kappa shape index (κ2) is 5.30. The predicted octanol–water partition coefficient (Wildman–Crippen LogP) is 1.07. The Morgan fingerprint density at radius 3 is 2.44 bits per heavy atom. The lowest BCUT2D eigenvalue weighted by Crippen LogP contribution is -2.40. The molecule has 0 saturated carbocycles. The van der Waals surface area contributed by atoms with E-state index in [2.05, 4.69) is 9.97 Å². The Bertz CT molecular complexity index is 455. The number of rotatable bonds is 2. The fourth-order valence-corrected chi connectivity index (χ4v) is 2.01. The van der Waals surface area contributed by atoms with E-state index < -0.39 is 5.97 Å². The molecule has 1 saturated heterocycles. The van der Waals surface area contributed by atoms with Crippen molar-refractivity contribution in [3.63, 3.8) is 0 Å². The van der Waals surface area contributed by atoms with Gasteiger partial charge in [0.25, 0.3) is 5.91 Å². The molecule has 0 spiro atoms. The lowest BCUT2D eigenvalue weighted by atomic mass is 9.97. The van der Waals surface area contributed by atoms with E-state index in [0.29, 0.717) is 25.9 Å². The molecule has 0 aromatic carbocycles. The van der Waals surface area contributed by atoms with Gasteiger partial charge in [-0.05, 0) is 12.8 Å². The largest absolute Gasteiger partial charge is 0.481 e. The van der Waals surface area contributed by atoms with E-state index in [1.54, 1.807) is 4.90 Å². The van der Waals surface area contributed by atoms with Gasteiger partial charge in [-0.25, -0.2) is 9.97 Å². The summed E-state index contributed by atoms with van der Waals surface area (Å²) in [5, 5.41) is 9.10. The number of hydrogen-bond donors (Lipinski definition) is 1. The maximum absolute atomic E-state index is 12.0. The van der Waals surface area contributed by atoms with Crippen LogP contribution in [-0.4, -0.2) is 44.9 Å². The minimum Gasteiger partial charge on any atom is -0.481 e. The summed E-state index contributed by atoms with van der Waals surface area (Å²) < 4.78 is 0. The minimum atomic E-state index is -0.798. The monoisotopic (exact) mass is 269 g/mol. The third-order valence-electron chi connectivity index (χ3n) is 2.97. The highest BCUT2D eigenvalue weighted by atomic mass is 35.5. The van der Waals surface area contributed by atoms with Gasteiger partial charge in [0.2, 0.25) is 0 Å². The van der Waals surface area contributed by atoms with Gasteiger partial charge in [0.1, 0.15) is 10.8 Å². The maximum atomic E-state index is 12.0. The molecule has 96 valence electrons. The van der Waals surface area contributed by atoms with Crippen molar-refractivity contribution in [3.8, 4) is 0 Å². The molecule has 1 aromatic heterocycles. The lowest BCUT2D eigenvalue weighted by Gasteiger charge is -2.29. The van der Waals surface area contributed by atoms with E-state index in [9.17, 15) is 9.59 Å². The van der Waals surface area contributed by atoms with Crippen molar-refractivity contribution >= 4 is 23.5 Å². The smallest absolute Gasteiger partial charge is 0.306 e. The molecule has 0 radical (unpaired) electrons. The van der Waals surface area contributed by atoms with Gasteiger partial charge in [-0.3, -0.25) is 9.59 Å². The normalized spacial score (nSPS) is 16.6. The average Bonchev–Trinajstić information content (AvgIpc) is 2.39. The number of amides is 1. The lowest BCUT2D eigenvalue weighted by molar-refractivity contribution is -0.143. The number of likely N-dealkylation sites (tertiary alicyclic amines) is 1. The maximum Gasteiger partial charge on any atom is 0.306 e. The highest BCUT2D eigenvalue weighted by molar-refractivity contribution is 6.29. The summed E-state index contributed by atoms with van der Waals surface area (Å²) in [6.07, 6.45) is 3.59. The number of hydrogen-bond acceptors (Lipinski definition) is 4. The molecule has 7 heteroatoms. The molecule has 1 N–H and O–H groups in total. The second-order valence-electron chi connectivity index (χ2n) is 4.13. The molecule has 0 bridgehead atoms. The van der Waals surface area contributed by atoms with Crippen molar-refractivity contribution in [2.24, 2.45) is 5.92 Å². The van der Waals surface area contributed by atoms with E-state index in [1.165, 1.54) is 12.4 Å². The Kier molecular flexibility index (Phi) is 3.76. The van der Waals surface area contributed by atoms with Gasteiger partial charge < -0.3 is 10.0 Å². The number of halogens is 1.